The van der Waals surface area contributed by atoms with Gasteiger partial charge < -0.3 is 19.9 Å². The molecular formula is C19H32N4O. The van der Waals surface area contributed by atoms with Gasteiger partial charge in [-0.05, 0) is 25.3 Å². The number of guanidine groups is 1. The van der Waals surface area contributed by atoms with Gasteiger partial charge in [0.05, 0.1) is 6.54 Å². The number of rotatable bonds is 5. The first-order valence-corrected chi connectivity index (χ1v) is 8.73. The molecule has 5 heteroatoms. The molecule has 1 heterocycles. The third kappa shape index (κ3) is 4.95. The van der Waals surface area contributed by atoms with Gasteiger partial charge in [-0.2, -0.15) is 0 Å². The topological polar surface area (TPSA) is 40.1 Å². The SMILES string of the molecule is C[C@H](NC1(CN=C(N(C)C)N(C)C)CCOCC1)c1ccccc1. The molecule has 1 saturated heterocycles. The van der Waals surface area contributed by atoms with Gasteiger partial charge in [-0.15, -0.1) is 0 Å². The summed E-state index contributed by atoms with van der Waals surface area (Å²) in [6, 6.07) is 10.9. The van der Waals surface area contributed by atoms with Crippen LogP contribution >= 0.6 is 0 Å². The summed E-state index contributed by atoms with van der Waals surface area (Å²) in [5.74, 6) is 0.995. The summed E-state index contributed by atoms with van der Waals surface area (Å²) in [6.07, 6.45) is 1.98. The Bertz CT molecular complexity index is 511. The highest BCUT2D eigenvalue weighted by atomic mass is 16.5. The highest BCUT2D eigenvalue weighted by Crippen LogP contribution is 2.26. The molecule has 5 nitrogen and oxygen atoms in total. The quantitative estimate of drug-likeness (QED) is 0.664. The minimum absolute atomic E-state index is 0.00915. The Hall–Kier alpha value is -1.59. The van der Waals surface area contributed by atoms with Crippen LogP contribution in [0.4, 0.5) is 0 Å². The van der Waals surface area contributed by atoms with Crippen molar-refractivity contribution >= 4 is 5.96 Å². The third-order valence-corrected chi connectivity index (χ3v) is 4.60. The molecule has 24 heavy (non-hydrogen) atoms. The molecule has 1 fully saturated rings. The minimum Gasteiger partial charge on any atom is -0.381 e. The fourth-order valence-electron chi connectivity index (χ4n) is 3.30. The average molecular weight is 332 g/mol. The Morgan fingerprint density at radius 2 is 1.71 bits per heavy atom. The van der Waals surface area contributed by atoms with Crippen molar-refractivity contribution < 1.29 is 4.74 Å². The van der Waals surface area contributed by atoms with Crippen LogP contribution < -0.4 is 5.32 Å². The summed E-state index contributed by atoms with van der Waals surface area (Å²) in [5, 5.41) is 3.86. The maximum absolute atomic E-state index is 5.60. The smallest absolute Gasteiger partial charge is 0.195 e. The Labute approximate surface area is 146 Å². The summed E-state index contributed by atoms with van der Waals surface area (Å²) in [5.41, 5.74) is 1.30. The maximum atomic E-state index is 5.60. The van der Waals surface area contributed by atoms with E-state index in [4.69, 9.17) is 9.73 Å². The van der Waals surface area contributed by atoms with Gasteiger partial charge in [-0.25, -0.2) is 0 Å². The zero-order valence-electron chi connectivity index (χ0n) is 15.7. The van der Waals surface area contributed by atoms with Crippen LogP contribution in [-0.4, -0.2) is 69.2 Å². The van der Waals surface area contributed by atoms with Gasteiger partial charge in [-0.1, -0.05) is 30.3 Å². The summed E-state index contributed by atoms with van der Waals surface area (Å²) in [7, 11) is 8.15. The lowest BCUT2D eigenvalue weighted by molar-refractivity contribution is 0.0373. The van der Waals surface area contributed by atoms with Crippen LogP contribution in [0.1, 0.15) is 31.4 Å². The molecule has 1 aliphatic heterocycles. The van der Waals surface area contributed by atoms with Gasteiger partial charge >= 0.3 is 0 Å². The molecule has 1 atom stereocenters. The summed E-state index contributed by atoms with van der Waals surface area (Å²) >= 11 is 0. The van der Waals surface area contributed by atoms with Crippen LogP contribution in [0.15, 0.2) is 35.3 Å². The van der Waals surface area contributed by atoms with Gasteiger partial charge in [0, 0.05) is 53.0 Å². The normalized spacial score (nSPS) is 17.9. The van der Waals surface area contributed by atoms with Gasteiger partial charge in [0.2, 0.25) is 0 Å². The number of hydrogen-bond donors (Lipinski definition) is 1. The second-order valence-electron chi connectivity index (χ2n) is 7.07. The number of nitrogens with zero attached hydrogens (tertiary/aromatic N) is 3. The Balaban J connectivity index is 2.15. The Kier molecular flexibility index (Phi) is 6.63. The predicted molar refractivity (Wildman–Crippen MR) is 100 cm³/mol. The molecule has 0 radical (unpaired) electrons. The number of nitrogens with one attached hydrogen (secondary N) is 1. The number of ether oxygens (including phenoxy) is 1. The number of benzene rings is 1. The van der Waals surface area contributed by atoms with Crippen molar-refractivity contribution in [2.45, 2.75) is 31.3 Å². The van der Waals surface area contributed by atoms with Crippen LogP contribution in [0.2, 0.25) is 0 Å². The zero-order valence-corrected chi connectivity index (χ0v) is 15.7. The molecule has 1 aliphatic rings. The van der Waals surface area contributed by atoms with Crippen molar-refractivity contribution in [2.75, 3.05) is 47.9 Å². The van der Waals surface area contributed by atoms with Crippen LogP contribution in [0.5, 0.6) is 0 Å². The summed E-state index contributed by atoms with van der Waals surface area (Å²) < 4.78 is 5.60. The second-order valence-corrected chi connectivity index (χ2v) is 7.07. The molecule has 1 N–H and O–H groups in total. The lowest BCUT2D eigenvalue weighted by Gasteiger charge is -2.40. The van der Waals surface area contributed by atoms with E-state index in [0.29, 0.717) is 6.04 Å². The second kappa shape index (κ2) is 8.49. The largest absolute Gasteiger partial charge is 0.381 e. The van der Waals surface area contributed by atoms with Crippen LogP contribution in [0.25, 0.3) is 0 Å². The van der Waals surface area contributed by atoms with E-state index in [1.54, 1.807) is 0 Å². The lowest BCUT2D eigenvalue weighted by atomic mass is 9.88. The van der Waals surface area contributed by atoms with Crippen molar-refractivity contribution in [3.05, 3.63) is 35.9 Å². The fraction of sp³-hybridized carbons (Fsp3) is 0.632. The van der Waals surface area contributed by atoms with Crippen molar-refractivity contribution in [1.29, 1.82) is 0 Å². The minimum atomic E-state index is -0.00915. The number of hydrogen-bond acceptors (Lipinski definition) is 3. The van der Waals surface area contributed by atoms with Crippen molar-refractivity contribution in [3.63, 3.8) is 0 Å². The highest BCUT2D eigenvalue weighted by molar-refractivity contribution is 5.79. The van der Waals surface area contributed by atoms with Gasteiger partial charge in [0.1, 0.15) is 0 Å². The lowest BCUT2D eigenvalue weighted by Crippen LogP contribution is -2.53. The van der Waals surface area contributed by atoms with E-state index in [1.165, 1.54) is 5.56 Å². The van der Waals surface area contributed by atoms with E-state index >= 15 is 0 Å². The first-order valence-electron chi connectivity index (χ1n) is 8.73. The van der Waals surface area contributed by atoms with E-state index in [0.717, 1.165) is 38.6 Å². The standard InChI is InChI=1S/C19H32N4O/c1-16(17-9-7-6-8-10-17)21-19(11-13-24-14-12-19)15-20-18(22(2)3)23(4)5/h6-10,16,21H,11-15H2,1-5H3/t16-/m0/s1. The first kappa shape index (κ1) is 18.7. The molecule has 0 saturated carbocycles. The van der Waals surface area contributed by atoms with Gasteiger partial charge in [0.25, 0.3) is 0 Å². The molecule has 0 unspecified atom stereocenters. The molecule has 0 aromatic heterocycles. The van der Waals surface area contributed by atoms with E-state index in [9.17, 15) is 0 Å². The molecule has 0 spiro atoms. The molecule has 1 aromatic rings. The molecule has 0 amide bonds. The van der Waals surface area contributed by atoms with Crippen LogP contribution in [0.3, 0.4) is 0 Å². The summed E-state index contributed by atoms with van der Waals surface area (Å²) in [6.45, 7) is 4.58. The number of aliphatic imine (C=N–C) groups is 1. The van der Waals surface area contributed by atoms with E-state index < -0.39 is 0 Å². The molecule has 134 valence electrons. The molecular weight excluding hydrogens is 300 g/mol. The molecule has 2 rings (SSSR count). The molecule has 0 aliphatic carbocycles. The van der Waals surface area contributed by atoms with Crippen LogP contribution in [0, 0.1) is 0 Å². The summed E-state index contributed by atoms with van der Waals surface area (Å²) in [4.78, 5) is 9.04. The van der Waals surface area contributed by atoms with Gasteiger partial charge in [-0.3, -0.25) is 4.99 Å². The van der Waals surface area contributed by atoms with Crippen molar-refractivity contribution in [1.82, 2.24) is 15.1 Å². The average Bonchev–Trinajstić information content (AvgIpc) is 2.56. The van der Waals surface area contributed by atoms with Crippen molar-refractivity contribution in [3.8, 4) is 0 Å². The van der Waals surface area contributed by atoms with Gasteiger partial charge in [0.15, 0.2) is 5.96 Å². The highest BCUT2D eigenvalue weighted by Gasteiger charge is 2.34. The van der Waals surface area contributed by atoms with Crippen LogP contribution in [-0.2, 0) is 4.74 Å². The fourth-order valence-corrected chi connectivity index (χ4v) is 3.30. The monoisotopic (exact) mass is 332 g/mol. The zero-order chi connectivity index (χ0) is 17.6. The maximum Gasteiger partial charge on any atom is 0.195 e. The van der Waals surface area contributed by atoms with E-state index in [2.05, 4.69) is 52.4 Å². The van der Waals surface area contributed by atoms with E-state index in [1.807, 2.05) is 28.2 Å². The van der Waals surface area contributed by atoms with Crippen molar-refractivity contribution in [2.24, 2.45) is 4.99 Å². The molecule has 0 bridgehead atoms. The van der Waals surface area contributed by atoms with E-state index in [-0.39, 0.29) is 5.54 Å². The Morgan fingerprint density at radius 3 is 2.25 bits per heavy atom. The first-order chi connectivity index (χ1) is 11.4. The Morgan fingerprint density at radius 1 is 1.12 bits per heavy atom. The molecule has 1 aromatic carbocycles. The third-order valence-electron chi connectivity index (χ3n) is 4.60. The predicted octanol–water partition coefficient (Wildman–Crippen LogP) is 2.37.